The fourth-order valence-corrected chi connectivity index (χ4v) is 13.8. The van der Waals surface area contributed by atoms with E-state index in [0.717, 1.165) is 48.5 Å². The number of aromatic amines is 2. The number of aryl methyl sites for hydroxylation is 3. The first kappa shape index (κ1) is 71.4. The van der Waals surface area contributed by atoms with Gasteiger partial charge in [-0.05, 0) is 105 Å². The molecule has 0 aromatic carbocycles. The molecular formula is C80H134N4. The van der Waals surface area contributed by atoms with Crippen LogP contribution in [-0.2, 0) is 25.7 Å². The monoisotopic (exact) mass is 1150 g/mol. The van der Waals surface area contributed by atoms with Crippen LogP contribution < -0.4 is 0 Å². The second-order valence-corrected chi connectivity index (χ2v) is 26.9. The van der Waals surface area contributed by atoms with Gasteiger partial charge in [-0.25, -0.2) is 9.97 Å². The van der Waals surface area contributed by atoms with Gasteiger partial charge in [0.2, 0.25) is 0 Å². The summed E-state index contributed by atoms with van der Waals surface area (Å²) in [4.78, 5) is 19.5. The Morgan fingerprint density at radius 3 is 0.595 bits per heavy atom. The summed E-state index contributed by atoms with van der Waals surface area (Å²) in [6.07, 6.45) is 85.3. The molecule has 5 heterocycles. The Morgan fingerprint density at radius 2 is 0.369 bits per heavy atom. The Morgan fingerprint density at radius 1 is 0.202 bits per heavy atom. The lowest BCUT2D eigenvalue weighted by atomic mass is 10.0. The van der Waals surface area contributed by atoms with E-state index in [1.54, 1.807) is 0 Å². The van der Waals surface area contributed by atoms with Crippen LogP contribution in [0, 0.1) is 0 Å². The largest absolute Gasteiger partial charge is 0.355 e. The Balaban J connectivity index is 1.37. The molecule has 0 fully saturated rings. The predicted octanol–water partition coefficient (Wildman–Crippen LogP) is 27.2. The third-order valence-corrected chi connectivity index (χ3v) is 19.3. The van der Waals surface area contributed by atoms with Crippen LogP contribution in [0.5, 0.6) is 0 Å². The van der Waals surface area contributed by atoms with E-state index in [0.29, 0.717) is 0 Å². The quantitative estimate of drug-likeness (QED) is 0.0381. The second kappa shape index (κ2) is 48.6. The number of H-pyrrole nitrogens is 2. The summed E-state index contributed by atoms with van der Waals surface area (Å²) in [6, 6.07) is 9.63. The predicted molar refractivity (Wildman–Crippen MR) is 376 cm³/mol. The molecule has 0 unspecified atom stereocenters. The number of hydrogen-bond acceptors (Lipinski definition) is 2. The summed E-state index contributed by atoms with van der Waals surface area (Å²) < 4.78 is 0. The molecular weight excluding hydrogens is 1020 g/mol. The van der Waals surface area contributed by atoms with Gasteiger partial charge in [-0.1, -0.05) is 336 Å². The van der Waals surface area contributed by atoms with Crippen LogP contribution in [0.3, 0.4) is 0 Å². The van der Waals surface area contributed by atoms with E-state index in [9.17, 15) is 0 Å². The number of hydrogen-bond donors (Lipinski definition) is 2. The zero-order valence-electron chi connectivity index (χ0n) is 56.1. The van der Waals surface area contributed by atoms with Gasteiger partial charge in [-0.3, -0.25) is 0 Å². The van der Waals surface area contributed by atoms with Crippen molar-refractivity contribution in [2.45, 2.75) is 387 Å². The third kappa shape index (κ3) is 30.5. The maximum absolute atomic E-state index is 5.66. The highest BCUT2D eigenvalue weighted by atomic mass is 14.8. The minimum atomic E-state index is 1.03. The van der Waals surface area contributed by atoms with Crippen LogP contribution in [0.1, 0.15) is 407 Å². The van der Waals surface area contributed by atoms with E-state index in [4.69, 9.17) is 9.97 Å². The van der Waals surface area contributed by atoms with Gasteiger partial charge in [0.15, 0.2) is 0 Å². The van der Waals surface area contributed by atoms with E-state index in [1.807, 2.05) is 0 Å². The highest BCUT2D eigenvalue weighted by Crippen LogP contribution is 2.31. The van der Waals surface area contributed by atoms with E-state index in [-0.39, 0.29) is 0 Å². The fraction of sp³-hybridized carbons (Fsp3) is 0.750. The molecule has 3 aromatic heterocycles. The lowest BCUT2D eigenvalue weighted by molar-refractivity contribution is 0.539. The molecule has 2 aliphatic heterocycles. The summed E-state index contributed by atoms with van der Waals surface area (Å²) in [7, 11) is 0. The molecule has 4 nitrogen and oxygen atoms in total. The zero-order chi connectivity index (χ0) is 59.0. The van der Waals surface area contributed by atoms with Crippen LogP contribution in [0.2, 0.25) is 0 Å². The Kier molecular flexibility index (Phi) is 41.3. The van der Waals surface area contributed by atoms with Crippen molar-refractivity contribution >= 4 is 46.4 Å². The van der Waals surface area contributed by atoms with Crippen LogP contribution in [-0.4, -0.2) is 19.9 Å². The summed E-state index contributed by atoms with van der Waals surface area (Å²) in [6.45, 7) is 9.28. The fourth-order valence-electron chi connectivity index (χ4n) is 13.8. The van der Waals surface area contributed by atoms with Gasteiger partial charge in [-0.15, -0.1) is 0 Å². The molecule has 84 heavy (non-hydrogen) atoms. The summed E-state index contributed by atoms with van der Waals surface area (Å²) in [5, 5.41) is 0. The van der Waals surface area contributed by atoms with Gasteiger partial charge in [0.25, 0.3) is 0 Å². The Labute approximate surface area is 520 Å². The summed E-state index contributed by atoms with van der Waals surface area (Å²) >= 11 is 0. The van der Waals surface area contributed by atoms with E-state index in [1.165, 1.54) is 378 Å². The molecule has 8 bridgehead atoms. The highest BCUT2D eigenvalue weighted by molar-refractivity contribution is 5.83. The van der Waals surface area contributed by atoms with Gasteiger partial charge in [0, 0.05) is 38.8 Å². The van der Waals surface area contributed by atoms with E-state index in [2.05, 4.69) is 86.2 Å². The van der Waals surface area contributed by atoms with Gasteiger partial charge in [0.05, 0.1) is 22.8 Å². The smallest absolute Gasteiger partial charge is 0.0691 e. The molecule has 4 heteroatoms. The number of nitrogens with zero attached hydrogens (tertiary/aromatic N) is 2. The van der Waals surface area contributed by atoms with Gasteiger partial charge in [-0.2, -0.15) is 0 Å². The number of fused-ring (bicyclic) bond motifs is 8. The lowest BCUT2D eigenvalue weighted by Gasteiger charge is -2.07. The number of rotatable bonds is 56. The van der Waals surface area contributed by atoms with Crippen molar-refractivity contribution in [3.05, 3.63) is 69.3 Å². The average molecular weight is 1150 g/mol. The minimum absolute atomic E-state index is 1.03. The van der Waals surface area contributed by atoms with Crippen LogP contribution in [0.15, 0.2) is 24.3 Å². The third-order valence-electron chi connectivity index (χ3n) is 19.3. The van der Waals surface area contributed by atoms with Crippen molar-refractivity contribution in [1.82, 2.24) is 19.9 Å². The van der Waals surface area contributed by atoms with Crippen molar-refractivity contribution in [1.29, 1.82) is 0 Å². The zero-order valence-corrected chi connectivity index (χ0v) is 56.1. The molecule has 0 aliphatic carbocycles. The topological polar surface area (TPSA) is 57.4 Å². The number of aromatic nitrogens is 4. The first-order valence-electron chi connectivity index (χ1n) is 37.8. The molecule has 0 saturated heterocycles. The molecule has 3 aromatic rings. The first-order chi connectivity index (χ1) is 41.7. The molecule has 2 aliphatic rings. The number of nitrogens with one attached hydrogen (secondary N) is 2. The molecule has 0 spiro atoms. The Hall–Kier alpha value is -3.40. The van der Waals surface area contributed by atoms with E-state index >= 15 is 0 Å². The Bertz CT molecular complexity index is 2180. The molecule has 0 amide bonds. The summed E-state index contributed by atoms with van der Waals surface area (Å²) in [5.41, 5.74) is 15.2. The molecule has 2 N–H and O–H groups in total. The maximum Gasteiger partial charge on any atom is 0.0691 e. The van der Waals surface area contributed by atoms with Crippen molar-refractivity contribution in [3.63, 3.8) is 0 Å². The van der Waals surface area contributed by atoms with Crippen LogP contribution >= 0.6 is 0 Å². The SMILES string of the molecule is CCCCCCCCCCCCCCCc1c2nc(c(CCCCCCCCCCCCCCC)c3ccc([nH]3)c(CCCCCCCCCCCCCCC)c3ccc([nH]3)c(CCCCCCCCCCCCCCC)c3nc1C=C3)C=C2. The van der Waals surface area contributed by atoms with Crippen molar-refractivity contribution in [2.75, 3.05) is 0 Å². The van der Waals surface area contributed by atoms with Crippen LogP contribution in [0.25, 0.3) is 46.4 Å². The number of unbranched alkanes of at least 4 members (excludes halogenated alkanes) is 48. The average Bonchev–Trinajstić information content (AvgIpc) is 2.59. The lowest BCUT2D eigenvalue weighted by Crippen LogP contribution is -1.97. The van der Waals surface area contributed by atoms with Gasteiger partial charge >= 0.3 is 0 Å². The molecule has 0 radical (unpaired) electrons. The molecule has 474 valence electrons. The summed E-state index contributed by atoms with van der Waals surface area (Å²) in [5.74, 6) is 0. The normalized spacial score (nSPS) is 12.2. The van der Waals surface area contributed by atoms with Crippen molar-refractivity contribution in [3.8, 4) is 0 Å². The standard InChI is InChI=1S/C80H134N4/c1-5-9-13-17-21-25-29-33-37-41-45-49-53-57-69-73-61-63-75(81-73)70(58-54-50-46-42-38-34-30-26-22-18-14-10-6-2)77-65-67-79(83-77)72(60-56-52-48-44-40-36-32-28-24-20-16-12-8-4)80-68-66-78(84-80)71(76-64-62-74(69)82-76)59-55-51-47-43-39-35-31-27-23-19-15-11-7-3/h61-68,81-82H,5-60H2,1-4H3. The van der Waals surface area contributed by atoms with Gasteiger partial charge < -0.3 is 9.97 Å². The molecule has 0 saturated carbocycles. The second-order valence-electron chi connectivity index (χ2n) is 26.9. The minimum Gasteiger partial charge on any atom is -0.355 e. The van der Waals surface area contributed by atoms with Gasteiger partial charge in [0.1, 0.15) is 0 Å². The molecule has 0 atom stereocenters. The van der Waals surface area contributed by atoms with Crippen molar-refractivity contribution < 1.29 is 0 Å². The van der Waals surface area contributed by atoms with Crippen LogP contribution in [0.4, 0.5) is 0 Å². The maximum atomic E-state index is 5.66. The van der Waals surface area contributed by atoms with E-state index < -0.39 is 0 Å². The molecule has 5 rings (SSSR count). The highest BCUT2D eigenvalue weighted by Gasteiger charge is 2.17. The van der Waals surface area contributed by atoms with Crippen molar-refractivity contribution in [2.24, 2.45) is 0 Å². The first-order valence-corrected chi connectivity index (χ1v) is 37.8.